The number of nitrogens with two attached hydrogens (primary N) is 1. The molecule has 0 amide bonds. The molecule has 30 heavy (non-hydrogen) atoms. The summed E-state index contributed by atoms with van der Waals surface area (Å²) in [6.07, 6.45) is 9.44. The van der Waals surface area contributed by atoms with Crippen LogP contribution in [0.25, 0.3) is 0 Å². The van der Waals surface area contributed by atoms with Crippen LogP contribution in [0.5, 0.6) is 0 Å². The Morgan fingerprint density at radius 1 is 1.20 bits per heavy atom. The highest BCUT2D eigenvalue weighted by Crippen LogP contribution is 2.59. The van der Waals surface area contributed by atoms with Gasteiger partial charge in [-0.15, -0.1) is 0 Å². The van der Waals surface area contributed by atoms with Crippen molar-refractivity contribution in [2.24, 2.45) is 28.9 Å². The lowest BCUT2D eigenvalue weighted by atomic mass is 9.48. The Bertz CT molecular complexity index is 972. The van der Waals surface area contributed by atoms with Crippen LogP contribution < -0.4 is 16.4 Å². The monoisotopic (exact) mass is 423 g/mol. The molecule has 2 aromatic rings. The van der Waals surface area contributed by atoms with Crippen molar-refractivity contribution >= 4 is 23.4 Å². The minimum atomic E-state index is 0.279. The fraction of sp³-hybridized carbons (Fsp3) is 0.545. The van der Waals surface area contributed by atoms with Crippen molar-refractivity contribution in [1.29, 1.82) is 5.26 Å². The smallest absolute Gasteiger partial charge is 0.224 e. The summed E-state index contributed by atoms with van der Waals surface area (Å²) in [5, 5.41) is 16.6. The third-order valence-corrected chi connectivity index (χ3v) is 7.63. The van der Waals surface area contributed by atoms with Gasteiger partial charge >= 0.3 is 0 Å². The van der Waals surface area contributed by atoms with Crippen LogP contribution in [0.15, 0.2) is 24.5 Å². The number of aromatic nitrogens is 3. The molecule has 4 N–H and O–H groups in total. The first-order valence-corrected chi connectivity index (χ1v) is 11.0. The zero-order chi connectivity index (χ0) is 20.7. The maximum absolute atomic E-state index is 9.52. The summed E-state index contributed by atoms with van der Waals surface area (Å²) in [7, 11) is 0. The lowest BCUT2D eigenvalue weighted by Gasteiger charge is -2.59. The van der Waals surface area contributed by atoms with Crippen molar-refractivity contribution in [2.45, 2.75) is 44.7 Å². The summed E-state index contributed by atoms with van der Waals surface area (Å²) in [5.41, 5.74) is 8.09. The molecule has 156 valence electrons. The van der Waals surface area contributed by atoms with Gasteiger partial charge in [-0.1, -0.05) is 17.7 Å². The first kappa shape index (κ1) is 19.5. The van der Waals surface area contributed by atoms with Crippen LogP contribution in [0.4, 0.5) is 11.8 Å². The van der Waals surface area contributed by atoms with E-state index in [2.05, 4.69) is 31.7 Å². The van der Waals surface area contributed by atoms with Crippen LogP contribution in [-0.4, -0.2) is 27.5 Å². The predicted molar refractivity (Wildman–Crippen MR) is 116 cm³/mol. The third-order valence-electron chi connectivity index (χ3n) is 7.29. The third kappa shape index (κ3) is 3.59. The van der Waals surface area contributed by atoms with Crippen LogP contribution >= 0.6 is 11.6 Å². The second-order valence-electron chi connectivity index (χ2n) is 9.28. The molecular formula is C22H26ClN7. The zero-order valence-electron chi connectivity index (χ0n) is 16.8. The van der Waals surface area contributed by atoms with Crippen molar-refractivity contribution in [3.8, 4) is 6.07 Å². The van der Waals surface area contributed by atoms with E-state index in [9.17, 15) is 5.26 Å². The van der Waals surface area contributed by atoms with Crippen molar-refractivity contribution in [3.05, 3.63) is 40.8 Å². The van der Waals surface area contributed by atoms with E-state index in [0.717, 1.165) is 18.0 Å². The van der Waals surface area contributed by atoms with Gasteiger partial charge in [-0.2, -0.15) is 10.2 Å². The molecule has 4 aliphatic rings. The van der Waals surface area contributed by atoms with Crippen molar-refractivity contribution in [2.75, 3.05) is 17.2 Å². The van der Waals surface area contributed by atoms with E-state index in [1.54, 1.807) is 12.4 Å². The van der Waals surface area contributed by atoms with Gasteiger partial charge < -0.3 is 16.4 Å². The van der Waals surface area contributed by atoms with E-state index < -0.39 is 0 Å². The molecule has 0 saturated heterocycles. The molecule has 4 fully saturated rings. The van der Waals surface area contributed by atoms with Gasteiger partial charge in [0, 0.05) is 30.9 Å². The standard InChI is InChI=1S/C22H26ClN7/c23-19-14(2-1-3-26-19)10-27-21-28-11-17(9-24)20(30-21)29-12-22-6-13-4-15(7-22)18(25)16(5-13)8-22/h1-3,11,13,15-16,18H,4-8,10,12,25H2,(H2,27,28,29,30)/t13?,15-,16+,18-,22-. The van der Waals surface area contributed by atoms with E-state index >= 15 is 0 Å². The maximum Gasteiger partial charge on any atom is 0.224 e. The summed E-state index contributed by atoms with van der Waals surface area (Å²) in [6.45, 7) is 1.30. The quantitative estimate of drug-likeness (QED) is 0.608. The molecule has 2 aromatic heterocycles. The fourth-order valence-electron chi connectivity index (χ4n) is 6.13. The van der Waals surface area contributed by atoms with E-state index in [1.165, 1.54) is 32.1 Å². The van der Waals surface area contributed by atoms with Gasteiger partial charge in [-0.3, -0.25) is 0 Å². The lowest BCUT2D eigenvalue weighted by molar-refractivity contribution is -0.0591. The molecule has 2 heterocycles. The molecule has 8 heteroatoms. The molecular weight excluding hydrogens is 398 g/mol. The van der Waals surface area contributed by atoms with Crippen LogP contribution in [0.3, 0.4) is 0 Å². The summed E-state index contributed by atoms with van der Waals surface area (Å²) in [6, 6.07) is 6.32. The second-order valence-corrected chi connectivity index (χ2v) is 9.63. The molecule has 7 nitrogen and oxygen atoms in total. The average molecular weight is 424 g/mol. The van der Waals surface area contributed by atoms with E-state index in [0.29, 0.717) is 46.9 Å². The number of nitriles is 1. The number of pyridine rings is 1. The number of halogens is 1. The highest BCUT2D eigenvalue weighted by molar-refractivity contribution is 6.30. The number of hydrogen-bond acceptors (Lipinski definition) is 7. The summed E-state index contributed by atoms with van der Waals surface area (Å²) < 4.78 is 0. The Balaban J connectivity index is 1.29. The Hall–Kier alpha value is -2.43. The normalized spacial score (nSPS) is 31.4. The molecule has 5 atom stereocenters. The Labute approximate surface area is 181 Å². The van der Waals surface area contributed by atoms with Gasteiger partial charge in [0.15, 0.2) is 0 Å². The summed E-state index contributed by atoms with van der Waals surface area (Å²) >= 11 is 6.12. The van der Waals surface area contributed by atoms with Gasteiger partial charge in [-0.25, -0.2) is 9.97 Å². The number of nitrogens with one attached hydrogen (secondary N) is 2. The topological polar surface area (TPSA) is 113 Å². The van der Waals surface area contributed by atoms with Gasteiger partial charge in [0.05, 0.1) is 6.20 Å². The Kier molecular flexibility index (Phi) is 5.00. The largest absolute Gasteiger partial charge is 0.368 e. The van der Waals surface area contributed by atoms with Crippen LogP contribution in [-0.2, 0) is 6.54 Å². The maximum atomic E-state index is 9.52. The van der Waals surface area contributed by atoms with Gasteiger partial charge in [0.2, 0.25) is 5.95 Å². The SMILES string of the molecule is N#Cc1cnc(NCc2cccnc2Cl)nc1NC[C@]12CC3C[C@H](C1)[C@@H](N)[C@@H](C3)C2. The molecule has 4 bridgehead atoms. The van der Waals surface area contributed by atoms with E-state index in [1.807, 2.05) is 12.1 Å². The minimum absolute atomic E-state index is 0.279. The van der Waals surface area contributed by atoms with Crippen molar-refractivity contribution in [1.82, 2.24) is 15.0 Å². The number of rotatable bonds is 6. The molecule has 1 unspecified atom stereocenters. The van der Waals surface area contributed by atoms with E-state index in [4.69, 9.17) is 17.3 Å². The molecule has 0 aliphatic heterocycles. The first-order chi connectivity index (χ1) is 14.5. The molecule has 0 radical (unpaired) electrons. The predicted octanol–water partition coefficient (Wildman–Crippen LogP) is 3.57. The Morgan fingerprint density at radius 3 is 2.73 bits per heavy atom. The van der Waals surface area contributed by atoms with E-state index in [-0.39, 0.29) is 5.41 Å². The first-order valence-electron chi connectivity index (χ1n) is 10.7. The molecule has 0 spiro atoms. The molecule has 0 aromatic carbocycles. The molecule has 4 saturated carbocycles. The summed E-state index contributed by atoms with van der Waals surface area (Å²) in [5.74, 6) is 3.17. The fourth-order valence-corrected chi connectivity index (χ4v) is 6.31. The number of nitrogens with zero attached hydrogens (tertiary/aromatic N) is 4. The van der Waals surface area contributed by atoms with Crippen molar-refractivity contribution < 1.29 is 0 Å². The highest BCUT2D eigenvalue weighted by Gasteiger charge is 2.54. The lowest BCUT2D eigenvalue weighted by Crippen LogP contribution is -2.58. The van der Waals surface area contributed by atoms with Crippen LogP contribution in [0.1, 0.15) is 43.2 Å². The second kappa shape index (κ2) is 7.68. The van der Waals surface area contributed by atoms with Gasteiger partial charge in [0.25, 0.3) is 0 Å². The number of anilines is 2. The molecule has 4 aliphatic carbocycles. The van der Waals surface area contributed by atoms with Gasteiger partial charge in [0.1, 0.15) is 22.6 Å². The summed E-state index contributed by atoms with van der Waals surface area (Å²) in [4.78, 5) is 12.9. The van der Waals surface area contributed by atoms with Crippen molar-refractivity contribution in [3.63, 3.8) is 0 Å². The zero-order valence-corrected chi connectivity index (χ0v) is 17.6. The van der Waals surface area contributed by atoms with Crippen LogP contribution in [0, 0.1) is 34.5 Å². The minimum Gasteiger partial charge on any atom is -0.368 e. The molecule has 6 rings (SSSR count). The van der Waals surface area contributed by atoms with Crippen LogP contribution in [0.2, 0.25) is 5.15 Å². The Morgan fingerprint density at radius 2 is 2.00 bits per heavy atom. The van der Waals surface area contributed by atoms with Gasteiger partial charge in [-0.05, 0) is 61.3 Å². The average Bonchev–Trinajstić information content (AvgIpc) is 2.75. The number of hydrogen-bond donors (Lipinski definition) is 3. The highest BCUT2D eigenvalue weighted by atomic mass is 35.5.